The van der Waals surface area contributed by atoms with Crippen LogP contribution in [0.4, 0.5) is 11.4 Å². The van der Waals surface area contributed by atoms with Crippen LogP contribution >= 0.6 is 0 Å². The van der Waals surface area contributed by atoms with Gasteiger partial charge in [-0.1, -0.05) is 78.9 Å². The van der Waals surface area contributed by atoms with Crippen LogP contribution in [0.1, 0.15) is 0 Å². The van der Waals surface area contributed by atoms with Gasteiger partial charge in [0.1, 0.15) is 5.75 Å². The number of hydrogen-bond acceptors (Lipinski definition) is 2. The smallest absolute Gasteiger partial charge is 0.332 e. The minimum atomic E-state index is 0.0321. The molecule has 0 atom stereocenters. The molecule has 4 aromatic rings. The summed E-state index contributed by atoms with van der Waals surface area (Å²) in [4.78, 5) is 2.43. The minimum Gasteiger partial charge on any atom is -0.497 e. The fourth-order valence-electron chi connectivity index (χ4n) is 4.25. The molecular formula is C25H20BNO. The van der Waals surface area contributed by atoms with Crippen molar-refractivity contribution in [1.29, 1.82) is 0 Å². The maximum atomic E-state index is 5.76. The van der Waals surface area contributed by atoms with Gasteiger partial charge in [-0.15, -0.1) is 0 Å². The van der Waals surface area contributed by atoms with E-state index in [4.69, 9.17) is 4.74 Å². The number of nitrogens with zero attached hydrogens (tertiary/aromatic N) is 1. The van der Waals surface area contributed by atoms with Gasteiger partial charge in [-0.05, 0) is 40.8 Å². The molecule has 4 aromatic carbocycles. The predicted octanol–water partition coefficient (Wildman–Crippen LogP) is 4.62. The summed E-state index contributed by atoms with van der Waals surface area (Å²) in [5.41, 5.74) is 7.36. The molecule has 0 aromatic heterocycles. The predicted molar refractivity (Wildman–Crippen MR) is 118 cm³/mol. The van der Waals surface area contributed by atoms with Crippen molar-refractivity contribution in [1.82, 2.24) is 0 Å². The van der Waals surface area contributed by atoms with Gasteiger partial charge in [-0.25, -0.2) is 0 Å². The Morgan fingerprint density at radius 3 is 2.00 bits per heavy atom. The van der Waals surface area contributed by atoms with E-state index < -0.39 is 0 Å². The van der Waals surface area contributed by atoms with Gasteiger partial charge in [0.2, 0.25) is 0 Å². The molecule has 0 bridgehead atoms. The van der Waals surface area contributed by atoms with Crippen LogP contribution in [-0.2, 0) is 0 Å². The summed E-state index contributed by atoms with van der Waals surface area (Å²) in [6.45, 7) is 0.0321. The van der Waals surface area contributed by atoms with Crippen molar-refractivity contribution in [2.75, 3.05) is 11.9 Å². The summed E-state index contributed by atoms with van der Waals surface area (Å²) in [5.74, 6) is 0.905. The number of benzene rings is 4. The van der Waals surface area contributed by atoms with E-state index in [0.29, 0.717) is 0 Å². The first-order valence-electron chi connectivity index (χ1n) is 9.54. The second-order valence-corrected chi connectivity index (χ2v) is 6.95. The number of hydrogen-bond donors (Lipinski definition) is 0. The molecule has 3 heteroatoms. The van der Waals surface area contributed by atoms with E-state index in [0.717, 1.165) is 11.2 Å². The van der Waals surface area contributed by atoms with Crippen molar-refractivity contribution in [3.8, 4) is 16.9 Å². The summed E-state index contributed by atoms with van der Waals surface area (Å²) in [6.07, 6.45) is 0. The standard InChI is InChI=1S/C25H20BNO/c1-28-25-18-10-8-16-23(25)26-22-15-7-5-13-20(22)21-14-6-9-17-24(21)27(26)19-11-3-2-4-12-19/h2-18H,1H3. The van der Waals surface area contributed by atoms with Gasteiger partial charge >= 0.3 is 6.85 Å². The van der Waals surface area contributed by atoms with Gasteiger partial charge in [0, 0.05) is 16.9 Å². The van der Waals surface area contributed by atoms with Gasteiger partial charge < -0.3 is 9.55 Å². The molecular weight excluding hydrogens is 341 g/mol. The van der Waals surface area contributed by atoms with Crippen LogP contribution in [0, 0.1) is 0 Å². The van der Waals surface area contributed by atoms with Crippen LogP contribution in [0.2, 0.25) is 0 Å². The second kappa shape index (κ2) is 6.93. The van der Waals surface area contributed by atoms with Gasteiger partial charge in [0.15, 0.2) is 0 Å². The van der Waals surface area contributed by atoms with E-state index in [1.54, 1.807) is 7.11 Å². The molecule has 0 saturated carbocycles. The van der Waals surface area contributed by atoms with E-state index >= 15 is 0 Å². The topological polar surface area (TPSA) is 12.5 Å². The number of ether oxygens (including phenoxy) is 1. The number of para-hydroxylation sites is 3. The van der Waals surface area contributed by atoms with Gasteiger partial charge in [0.05, 0.1) is 7.11 Å². The number of anilines is 2. The molecule has 0 amide bonds. The summed E-state index contributed by atoms with van der Waals surface area (Å²) >= 11 is 0. The first-order valence-corrected chi connectivity index (χ1v) is 9.54. The van der Waals surface area contributed by atoms with E-state index in [1.807, 2.05) is 12.1 Å². The fraction of sp³-hybridized carbons (Fsp3) is 0.0400. The lowest BCUT2D eigenvalue weighted by Gasteiger charge is -2.39. The summed E-state index contributed by atoms with van der Waals surface area (Å²) in [5, 5.41) is 0. The average molecular weight is 361 g/mol. The zero-order valence-electron chi connectivity index (χ0n) is 15.7. The molecule has 1 aliphatic heterocycles. The highest BCUT2D eigenvalue weighted by Gasteiger charge is 2.38. The van der Waals surface area contributed by atoms with Crippen LogP contribution < -0.4 is 20.5 Å². The molecule has 2 nitrogen and oxygen atoms in total. The van der Waals surface area contributed by atoms with Crippen molar-refractivity contribution in [2.45, 2.75) is 0 Å². The monoisotopic (exact) mass is 361 g/mol. The van der Waals surface area contributed by atoms with Crippen LogP contribution in [0.5, 0.6) is 5.75 Å². The summed E-state index contributed by atoms with van der Waals surface area (Å²) in [7, 11) is 1.74. The third-order valence-corrected chi connectivity index (χ3v) is 5.44. The Morgan fingerprint density at radius 1 is 0.607 bits per heavy atom. The molecule has 0 fully saturated rings. The van der Waals surface area contributed by atoms with E-state index in [2.05, 4.69) is 95.8 Å². The van der Waals surface area contributed by atoms with Crippen molar-refractivity contribution in [2.24, 2.45) is 0 Å². The first-order chi connectivity index (χ1) is 13.9. The lowest BCUT2D eigenvalue weighted by Crippen LogP contribution is -2.57. The van der Waals surface area contributed by atoms with Gasteiger partial charge in [-0.3, -0.25) is 0 Å². The Balaban J connectivity index is 1.84. The molecule has 0 saturated heterocycles. The summed E-state index contributed by atoms with van der Waals surface area (Å²) in [6, 6.07) is 36.3. The van der Waals surface area contributed by atoms with Gasteiger partial charge in [-0.2, -0.15) is 0 Å². The Hall–Kier alpha value is -3.46. The van der Waals surface area contributed by atoms with E-state index in [9.17, 15) is 0 Å². The molecule has 1 heterocycles. The highest BCUT2D eigenvalue weighted by atomic mass is 16.5. The van der Waals surface area contributed by atoms with E-state index in [-0.39, 0.29) is 6.85 Å². The van der Waals surface area contributed by atoms with Crippen molar-refractivity contribution in [3.05, 3.63) is 103 Å². The Labute approximate surface area is 166 Å². The first kappa shape index (κ1) is 16.7. The van der Waals surface area contributed by atoms with Crippen molar-refractivity contribution < 1.29 is 4.74 Å². The normalized spacial score (nSPS) is 12.3. The van der Waals surface area contributed by atoms with Crippen molar-refractivity contribution >= 4 is 29.1 Å². The molecule has 0 radical (unpaired) electrons. The summed E-state index contributed by atoms with van der Waals surface area (Å²) < 4.78 is 5.76. The fourth-order valence-corrected chi connectivity index (χ4v) is 4.25. The number of rotatable bonds is 3. The zero-order chi connectivity index (χ0) is 18.9. The highest BCUT2D eigenvalue weighted by molar-refractivity contribution is 6.91. The molecule has 28 heavy (non-hydrogen) atoms. The molecule has 134 valence electrons. The zero-order valence-corrected chi connectivity index (χ0v) is 15.7. The second-order valence-electron chi connectivity index (χ2n) is 6.95. The van der Waals surface area contributed by atoms with Crippen LogP contribution in [-0.4, -0.2) is 14.0 Å². The number of fused-ring (bicyclic) bond motifs is 3. The molecule has 0 N–H and O–H groups in total. The maximum absolute atomic E-state index is 5.76. The largest absolute Gasteiger partial charge is 0.497 e. The molecule has 5 rings (SSSR count). The van der Waals surface area contributed by atoms with Crippen LogP contribution in [0.3, 0.4) is 0 Å². The van der Waals surface area contributed by atoms with Crippen LogP contribution in [0.15, 0.2) is 103 Å². The molecule has 0 unspecified atom stereocenters. The van der Waals surface area contributed by atoms with Gasteiger partial charge in [0.25, 0.3) is 0 Å². The Morgan fingerprint density at radius 2 is 1.21 bits per heavy atom. The molecule has 0 spiro atoms. The van der Waals surface area contributed by atoms with Crippen LogP contribution in [0.25, 0.3) is 11.1 Å². The Bertz CT molecular complexity index is 1130. The molecule has 1 aliphatic rings. The third kappa shape index (κ3) is 2.59. The maximum Gasteiger partial charge on any atom is 0.332 e. The SMILES string of the molecule is COc1ccccc1B1c2ccccc2-c2ccccc2N1c1ccccc1. The Kier molecular flexibility index (Phi) is 4.14. The van der Waals surface area contributed by atoms with E-state index in [1.165, 1.54) is 28.0 Å². The molecule has 0 aliphatic carbocycles. The third-order valence-electron chi connectivity index (χ3n) is 5.44. The minimum absolute atomic E-state index is 0.0321. The number of methoxy groups -OCH3 is 1. The average Bonchev–Trinajstić information content (AvgIpc) is 2.78. The lowest BCUT2D eigenvalue weighted by atomic mass is 9.45. The van der Waals surface area contributed by atoms with Crippen molar-refractivity contribution in [3.63, 3.8) is 0 Å². The lowest BCUT2D eigenvalue weighted by molar-refractivity contribution is 0.418. The quantitative estimate of drug-likeness (QED) is 0.494. The highest BCUT2D eigenvalue weighted by Crippen LogP contribution is 2.39.